The zero-order valence-corrected chi connectivity index (χ0v) is 17.4. The lowest BCUT2D eigenvalue weighted by Crippen LogP contribution is -2.38. The third kappa shape index (κ3) is 3.12. The molecule has 0 saturated heterocycles. The predicted molar refractivity (Wildman–Crippen MR) is 116 cm³/mol. The van der Waals surface area contributed by atoms with Gasteiger partial charge in [-0.1, -0.05) is 49.2 Å². The predicted octanol–water partition coefficient (Wildman–Crippen LogP) is 4.48. The number of hydrogen-bond acceptors (Lipinski definition) is 4. The van der Waals surface area contributed by atoms with Crippen LogP contribution in [0.25, 0.3) is 16.6 Å². The summed E-state index contributed by atoms with van der Waals surface area (Å²) in [5.74, 6) is 0.0926. The number of para-hydroxylation sites is 1. The second-order valence-electron chi connectivity index (χ2n) is 8.28. The number of tetrazole rings is 1. The standard InChI is InChI=1S/C24H25N5O/c1-16-8-3-6-13-21(16)24(30)28(20-11-4-5-12-20)15-19-14-18-10-7-9-17(2)22(18)29-23(19)25-26-27-29/h3,6-10,13-14,20H,4-5,11-12,15H2,1-2H3. The summed E-state index contributed by atoms with van der Waals surface area (Å²) >= 11 is 0. The van der Waals surface area contributed by atoms with Crippen LogP contribution >= 0.6 is 0 Å². The number of nitrogens with zero attached hydrogens (tertiary/aromatic N) is 5. The second-order valence-corrected chi connectivity index (χ2v) is 8.28. The van der Waals surface area contributed by atoms with Crippen molar-refractivity contribution in [3.63, 3.8) is 0 Å². The van der Waals surface area contributed by atoms with Gasteiger partial charge in [-0.2, -0.15) is 4.52 Å². The summed E-state index contributed by atoms with van der Waals surface area (Å²) in [6.07, 6.45) is 4.43. The number of aromatic nitrogens is 4. The van der Waals surface area contributed by atoms with Crippen LogP contribution in [0, 0.1) is 13.8 Å². The zero-order chi connectivity index (χ0) is 20.7. The van der Waals surface area contributed by atoms with Crippen molar-refractivity contribution in [3.8, 4) is 0 Å². The highest BCUT2D eigenvalue weighted by atomic mass is 16.2. The number of carbonyl (C=O) groups excluding carboxylic acids is 1. The lowest BCUT2D eigenvalue weighted by molar-refractivity contribution is 0.0664. The van der Waals surface area contributed by atoms with Crippen molar-refractivity contribution in [2.24, 2.45) is 0 Å². The number of amides is 1. The molecule has 0 spiro atoms. The van der Waals surface area contributed by atoms with Crippen LogP contribution < -0.4 is 0 Å². The molecule has 1 saturated carbocycles. The molecule has 0 bridgehead atoms. The first-order chi connectivity index (χ1) is 14.6. The van der Waals surface area contributed by atoms with Crippen LogP contribution in [0.4, 0.5) is 0 Å². The summed E-state index contributed by atoms with van der Waals surface area (Å²) in [4.78, 5) is 15.7. The molecule has 4 aromatic rings. The van der Waals surface area contributed by atoms with E-state index in [2.05, 4.69) is 40.6 Å². The van der Waals surface area contributed by atoms with E-state index >= 15 is 0 Å². The van der Waals surface area contributed by atoms with E-state index in [-0.39, 0.29) is 11.9 Å². The molecule has 0 atom stereocenters. The molecule has 2 aromatic carbocycles. The lowest BCUT2D eigenvalue weighted by Gasteiger charge is -2.30. The second kappa shape index (κ2) is 7.52. The minimum absolute atomic E-state index is 0.0926. The first kappa shape index (κ1) is 18.7. The average molecular weight is 399 g/mol. The van der Waals surface area contributed by atoms with Crippen molar-refractivity contribution in [2.45, 2.75) is 52.1 Å². The number of benzene rings is 2. The van der Waals surface area contributed by atoms with E-state index < -0.39 is 0 Å². The number of aryl methyl sites for hydroxylation is 2. The molecule has 1 fully saturated rings. The van der Waals surface area contributed by atoms with Crippen LogP contribution in [-0.2, 0) is 6.54 Å². The van der Waals surface area contributed by atoms with Gasteiger partial charge in [0.05, 0.1) is 12.1 Å². The quantitative estimate of drug-likeness (QED) is 0.508. The van der Waals surface area contributed by atoms with Crippen molar-refractivity contribution in [1.82, 2.24) is 24.9 Å². The SMILES string of the molecule is Cc1ccccc1C(=O)N(Cc1cc2cccc(C)c2n2nnnc12)C1CCCC1. The number of hydrogen-bond donors (Lipinski definition) is 0. The number of fused-ring (bicyclic) bond motifs is 3. The van der Waals surface area contributed by atoms with Gasteiger partial charge >= 0.3 is 0 Å². The Morgan fingerprint density at radius 1 is 1.07 bits per heavy atom. The monoisotopic (exact) mass is 399 g/mol. The molecule has 1 aliphatic carbocycles. The zero-order valence-electron chi connectivity index (χ0n) is 17.4. The van der Waals surface area contributed by atoms with Crippen LogP contribution in [0.2, 0.25) is 0 Å². The molecule has 6 heteroatoms. The van der Waals surface area contributed by atoms with Gasteiger partial charge < -0.3 is 4.90 Å². The minimum Gasteiger partial charge on any atom is -0.331 e. The summed E-state index contributed by atoms with van der Waals surface area (Å²) in [6.45, 7) is 4.57. The highest BCUT2D eigenvalue weighted by Crippen LogP contribution is 2.29. The molecule has 5 rings (SSSR count). The molecular weight excluding hydrogens is 374 g/mol. The third-order valence-electron chi connectivity index (χ3n) is 6.31. The first-order valence-electron chi connectivity index (χ1n) is 10.6. The molecule has 0 aliphatic heterocycles. The number of carbonyl (C=O) groups is 1. The lowest BCUT2D eigenvalue weighted by atomic mass is 10.0. The van der Waals surface area contributed by atoms with E-state index in [1.807, 2.05) is 46.7 Å². The molecule has 0 unspecified atom stereocenters. The molecule has 2 aromatic heterocycles. The van der Waals surface area contributed by atoms with Crippen LogP contribution in [0.1, 0.15) is 52.7 Å². The Labute approximate surface area is 175 Å². The normalized spacial score (nSPS) is 14.6. The van der Waals surface area contributed by atoms with Gasteiger partial charge in [-0.05, 0) is 60.4 Å². The van der Waals surface area contributed by atoms with Gasteiger partial charge in [0.1, 0.15) is 0 Å². The summed E-state index contributed by atoms with van der Waals surface area (Å²) in [5, 5.41) is 13.6. The fraction of sp³-hybridized carbons (Fsp3) is 0.333. The molecule has 1 aliphatic rings. The van der Waals surface area contributed by atoms with Crippen LogP contribution in [0.5, 0.6) is 0 Å². The Balaban J connectivity index is 1.61. The van der Waals surface area contributed by atoms with Gasteiger partial charge in [0.25, 0.3) is 5.91 Å². The summed E-state index contributed by atoms with van der Waals surface area (Å²) in [6, 6.07) is 16.4. The fourth-order valence-corrected chi connectivity index (χ4v) is 4.73. The number of pyridine rings is 1. The van der Waals surface area contributed by atoms with Crippen LogP contribution in [0.15, 0.2) is 48.5 Å². The van der Waals surface area contributed by atoms with Gasteiger partial charge in [0.15, 0.2) is 5.65 Å². The highest BCUT2D eigenvalue weighted by Gasteiger charge is 2.29. The molecule has 30 heavy (non-hydrogen) atoms. The van der Waals surface area contributed by atoms with Gasteiger partial charge in [0.2, 0.25) is 0 Å². The molecule has 0 radical (unpaired) electrons. The van der Waals surface area contributed by atoms with Crippen molar-refractivity contribution in [3.05, 3.63) is 70.8 Å². The molecule has 6 nitrogen and oxygen atoms in total. The van der Waals surface area contributed by atoms with Gasteiger partial charge in [-0.15, -0.1) is 5.10 Å². The summed E-state index contributed by atoms with van der Waals surface area (Å²) in [5.41, 5.74) is 5.62. The molecule has 2 heterocycles. The van der Waals surface area contributed by atoms with Crippen molar-refractivity contribution in [1.29, 1.82) is 0 Å². The maximum atomic E-state index is 13.6. The van der Waals surface area contributed by atoms with Crippen molar-refractivity contribution < 1.29 is 4.79 Å². The fourth-order valence-electron chi connectivity index (χ4n) is 4.73. The Bertz CT molecular complexity index is 1240. The Hall–Kier alpha value is -3.28. The van der Waals surface area contributed by atoms with E-state index in [0.717, 1.165) is 51.6 Å². The first-order valence-corrected chi connectivity index (χ1v) is 10.6. The molecule has 0 N–H and O–H groups in total. The highest BCUT2D eigenvalue weighted by molar-refractivity contribution is 5.96. The summed E-state index contributed by atoms with van der Waals surface area (Å²) < 4.78 is 1.81. The van der Waals surface area contributed by atoms with Crippen molar-refractivity contribution >= 4 is 22.5 Å². The smallest absolute Gasteiger partial charge is 0.254 e. The average Bonchev–Trinajstić information content (AvgIpc) is 3.44. The van der Waals surface area contributed by atoms with E-state index in [4.69, 9.17) is 0 Å². The number of rotatable bonds is 4. The molecule has 1 amide bonds. The Kier molecular flexibility index (Phi) is 4.69. The maximum absolute atomic E-state index is 13.6. The van der Waals surface area contributed by atoms with Crippen molar-refractivity contribution in [2.75, 3.05) is 0 Å². The van der Waals surface area contributed by atoms with E-state index in [1.54, 1.807) is 0 Å². The maximum Gasteiger partial charge on any atom is 0.254 e. The Morgan fingerprint density at radius 2 is 1.83 bits per heavy atom. The summed E-state index contributed by atoms with van der Waals surface area (Å²) in [7, 11) is 0. The van der Waals surface area contributed by atoms with Gasteiger partial charge in [-0.3, -0.25) is 4.79 Å². The molecule has 152 valence electrons. The van der Waals surface area contributed by atoms with Crippen LogP contribution in [0.3, 0.4) is 0 Å². The minimum atomic E-state index is 0.0926. The molecular formula is C24H25N5O. The Morgan fingerprint density at radius 3 is 2.63 bits per heavy atom. The van der Waals surface area contributed by atoms with Crippen LogP contribution in [-0.4, -0.2) is 36.9 Å². The third-order valence-corrected chi connectivity index (χ3v) is 6.31. The van der Waals surface area contributed by atoms with E-state index in [0.29, 0.717) is 6.54 Å². The largest absolute Gasteiger partial charge is 0.331 e. The topological polar surface area (TPSA) is 63.4 Å². The van der Waals surface area contributed by atoms with Gasteiger partial charge in [-0.25, -0.2) is 0 Å². The van der Waals surface area contributed by atoms with E-state index in [1.165, 1.54) is 12.8 Å². The van der Waals surface area contributed by atoms with E-state index in [9.17, 15) is 4.79 Å². The van der Waals surface area contributed by atoms with Gasteiger partial charge in [0, 0.05) is 22.6 Å².